The number of aliphatic carboxylic acids is 1. The van der Waals surface area contributed by atoms with Crippen LogP contribution in [-0.2, 0) is 21.0 Å². The van der Waals surface area contributed by atoms with Gasteiger partial charge in [-0.2, -0.15) is 13.2 Å². The third kappa shape index (κ3) is 7.31. The fourth-order valence-corrected chi connectivity index (χ4v) is 7.02. The maximum absolute atomic E-state index is 14.1. The van der Waals surface area contributed by atoms with E-state index in [0.717, 1.165) is 23.6 Å². The van der Waals surface area contributed by atoms with Crippen LogP contribution in [0.1, 0.15) is 57.1 Å². The number of aromatic nitrogens is 1. The number of carboxylic acid groups (broad SMARTS) is 1. The summed E-state index contributed by atoms with van der Waals surface area (Å²) < 4.78 is 81.0. The van der Waals surface area contributed by atoms with Gasteiger partial charge in [0.1, 0.15) is 18.5 Å². The third-order valence-corrected chi connectivity index (χ3v) is 8.81. The Balaban J connectivity index is 1.81. The lowest BCUT2D eigenvalue weighted by atomic mass is 9.80. The molecule has 1 fully saturated rings. The van der Waals surface area contributed by atoms with Gasteiger partial charge < -0.3 is 19.7 Å². The topological polar surface area (TPSA) is 126 Å². The summed E-state index contributed by atoms with van der Waals surface area (Å²) in [5, 5.41) is 18.3. The highest BCUT2D eigenvalue weighted by Crippen LogP contribution is 2.42. The number of aliphatic hydroxyl groups is 1. The molecule has 2 N–H and O–H groups in total. The number of fused-ring (bicyclic) bond motifs is 1. The zero-order chi connectivity index (χ0) is 29.9. The van der Waals surface area contributed by atoms with Crippen LogP contribution in [0.2, 0.25) is 0 Å². The number of hydrogen-bond acceptors (Lipinski definition) is 7. The first-order chi connectivity index (χ1) is 19.3. The van der Waals surface area contributed by atoms with E-state index < -0.39 is 57.8 Å². The first kappa shape index (κ1) is 30.6. The predicted octanol–water partition coefficient (Wildman–Crippen LogP) is 5.13. The number of aliphatic hydroxyl groups excluding tert-OH is 1. The van der Waals surface area contributed by atoms with Crippen molar-refractivity contribution in [1.29, 1.82) is 0 Å². The molecule has 1 unspecified atom stereocenters. The molecule has 0 radical (unpaired) electrons. The van der Waals surface area contributed by atoms with Gasteiger partial charge in [-0.05, 0) is 61.3 Å². The fraction of sp³-hybridized carbons (Fsp3) is 0.500. The van der Waals surface area contributed by atoms with Gasteiger partial charge in [0.05, 0.1) is 24.4 Å². The highest BCUT2D eigenvalue weighted by atomic mass is 32.2. The molecule has 1 aliphatic carbocycles. The van der Waals surface area contributed by atoms with Gasteiger partial charge in [0.25, 0.3) is 10.0 Å². The molecule has 2 aliphatic rings. The molecule has 4 rings (SSSR count). The maximum atomic E-state index is 14.1. The van der Waals surface area contributed by atoms with Crippen molar-refractivity contribution in [2.45, 2.75) is 63.1 Å². The third-order valence-electron chi connectivity index (χ3n) is 7.04. The van der Waals surface area contributed by atoms with Gasteiger partial charge in [0, 0.05) is 12.6 Å². The Labute approximate surface area is 236 Å². The van der Waals surface area contributed by atoms with E-state index in [1.54, 1.807) is 18.2 Å². The maximum Gasteiger partial charge on any atom is 0.417 e. The van der Waals surface area contributed by atoms with Crippen LogP contribution in [-0.4, -0.2) is 55.4 Å². The molecule has 2 aromatic rings. The van der Waals surface area contributed by atoms with Crippen molar-refractivity contribution in [1.82, 2.24) is 4.98 Å². The number of benzene rings is 1. The number of ether oxygens (including phenoxy) is 2. The fourth-order valence-electron chi connectivity index (χ4n) is 5.41. The summed E-state index contributed by atoms with van der Waals surface area (Å²) >= 11 is 0. The van der Waals surface area contributed by atoms with Crippen molar-refractivity contribution >= 4 is 27.8 Å². The Bertz CT molecular complexity index is 1400. The predicted molar refractivity (Wildman–Crippen MR) is 144 cm³/mol. The van der Waals surface area contributed by atoms with Crippen LogP contribution in [0.25, 0.3) is 6.08 Å². The smallest absolute Gasteiger partial charge is 0.417 e. The minimum absolute atomic E-state index is 0.0307. The van der Waals surface area contributed by atoms with E-state index >= 15 is 0 Å². The molecule has 2 heterocycles. The number of hydrogen-bond donors (Lipinski definition) is 2. The number of carboxylic acids is 1. The van der Waals surface area contributed by atoms with Gasteiger partial charge >= 0.3 is 12.1 Å². The van der Waals surface area contributed by atoms with Crippen LogP contribution >= 0.6 is 0 Å². The van der Waals surface area contributed by atoms with Crippen molar-refractivity contribution in [2.24, 2.45) is 11.8 Å². The van der Waals surface area contributed by atoms with Crippen LogP contribution in [0.5, 0.6) is 11.6 Å². The van der Waals surface area contributed by atoms with Crippen LogP contribution in [0.15, 0.2) is 40.9 Å². The second kappa shape index (κ2) is 12.3. The Morgan fingerprint density at radius 3 is 2.56 bits per heavy atom. The molecule has 3 atom stereocenters. The van der Waals surface area contributed by atoms with Gasteiger partial charge in [-0.1, -0.05) is 31.6 Å². The highest BCUT2D eigenvalue weighted by Gasteiger charge is 2.39. The monoisotopic (exact) mass is 598 g/mol. The van der Waals surface area contributed by atoms with Crippen LogP contribution < -0.4 is 13.8 Å². The summed E-state index contributed by atoms with van der Waals surface area (Å²) in [4.78, 5) is 14.0. The SMILES string of the molecule is C[C@@H]1C/C(=C/c2ccc3c(c2)N(S(=O)(=O)c2cc(C(F)(F)F)cnc2OCCO)CC(CCC(=O)O)O3)C[C@H](C)C1. The van der Waals surface area contributed by atoms with Crippen molar-refractivity contribution in [2.75, 3.05) is 24.1 Å². The van der Waals surface area contributed by atoms with Crippen LogP contribution in [0, 0.1) is 11.8 Å². The standard InChI is InChI=1S/C28H33F3N2O7S/c1-17-9-18(2)11-20(10-17)12-19-3-5-24-23(13-19)33(16-22(40-24)4-6-26(35)36)41(37,38)25-14-21(28(29,30)31)15-32-27(25)39-8-7-34/h3,5,12-15,17-18,22,34H,4,6-11,16H2,1-2H3,(H,35,36)/b20-12-/t17-,18+,22?/m0/s1. The normalized spacial score (nSPS) is 22.2. The molecule has 41 heavy (non-hydrogen) atoms. The zero-order valence-electron chi connectivity index (χ0n) is 22.7. The first-order valence-electron chi connectivity index (χ1n) is 13.3. The van der Waals surface area contributed by atoms with E-state index in [1.165, 1.54) is 5.57 Å². The molecule has 1 saturated carbocycles. The van der Waals surface area contributed by atoms with E-state index in [0.29, 0.717) is 29.7 Å². The summed E-state index contributed by atoms with van der Waals surface area (Å²) in [5.74, 6) is -0.535. The Hall–Kier alpha value is -3.32. The number of rotatable bonds is 9. The molecule has 0 amide bonds. The lowest BCUT2D eigenvalue weighted by Crippen LogP contribution is -2.44. The van der Waals surface area contributed by atoms with Gasteiger partial charge in [0.15, 0.2) is 4.90 Å². The summed E-state index contributed by atoms with van der Waals surface area (Å²) in [5.41, 5.74) is 0.728. The van der Waals surface area contributed by atoms with E-state index in [4.69, 9.17) is 19.7 Å². The number of allylic oxidation sites excluding steroid dienone is 1. The largest absolute Gasteiger partial charge is 0.486 e. The summed E-state index contributed by atoms with van der Waals surface area (Å²) in [6, 6.07) is 5.40. The number of pyridine rings is 1. The molecule has 224 valence electrons. The first-order valence-corrected chi connectivity index (χ1v) is 14.8. The molecule has 0 saturated heterocycles. The van der Waals surface area contributed by atoms with Crippen LogP contribution in [0.4, 0.5) is 18.9 Å². The quantitative estimate of drug-likeness (QED) is 0.407. The molecule has 0 spiro atoms. The van der Waals surface area contributed by atoms with Crippen molar-refractivity contribution in [3.8, 4) is 11.6 Å². The summed E-state index contributed by atoms with van der Waals surface area (Å²) in [7, 11) is -4.74. The van der Waals surface area contributed by atoms with Crippen LogP contribution in [0.3, 0.4) is 0 Å². The van der Waals surface area contributed by atoms with Gasteiger partial charge in [0.2, 0.25) is 5.88 Å². The van der Waals surface area contributed by atoms with E-state index in [1.807, 2.05) is 6.08 Å². The van der Waals surface area contributed by atoms with E-state index in [-0.39, 0.29) is 30.8 Å². The van der Waals surface area contributed by atoms with Crippen molar-refractivity contribution in [3.05, 3.63) is 47.2 Å². The molecule has 0 bridgehead atoms. The Morgan fingerprint density at radius 1 is 1.22 bits per heavy atom. The zero-order valence-corrected chi connectivity index (χ0v) is 23.5. The highest BCUT2D eigenvalue weighted by molar-refractivity contribution is 7.93. The molecule has 13 heteroatoms. The molecule has 1 aromatic heterocycles. The number of carbonyl (C=O) groups is 1. The summed E-state index contributed by atoms with van der Waals surface area (Å²) in [6.07, 6.45) is -0.713. The number of nitrogens with zero attached hydrogens (tertiary/aromatic N) is 2. The number of alkyl halides is 3. The lowest BCUT2D eigenvalue weighted by Gasteiger charge is -2.36. The minimum Gasteiger partial charge on any atom is -0.486 e. The van der Waals surface area contributed by atoms with Crippen molar-refractivity contribution in [3.63, 3.8) is 0 Å². The second-order valence-corrected chi connectivity index (χ2v) is 12.5. The minimum atomic E-state index is -4.88. The number of anilines is 1. The molecular weight excluding hydrogens is 565 g/mol. The van der Waals surface area contributed by atoms with E-state index in [2.05, 4.69) is 18.8 Å². The van der Waals surface area contributed by atoms with Gasteiger partial charge in [-0.15, -0.1) is 0 Å². The summed E-state index contributed by atoms with van der Waals surface area (Å²) in [6.45, 7) is 3.10. The average Bonchev–Trinajstić information content (AvgIpc) is 2.89. The lowest BCUT2D eigenvalue weighted by molar-refractivity contribution is -0.138. The average molecular weight is 599 g/mol. The molecule has 1 aromatic carbocycles. The van der Waals surface area contributed by atoms with Crippen molar-refractivity contribution < 1.29 is 46.1 Å². The van der Waals surface area contributed by atoms with E-state index in [9.17, 15) is 26.4 Å². The molecule has 9 nitrogen and oxygen atoms in total. The molecular formula is C28H33F3N2O7S. The Morgan fingerprint density at radius 2 is 1.93 bits per heavy atom. The van der Waals surface area contributed by atoms with Gasteiger partial charge in [-0.25, -0.2) is 13.4 Å². The number of sulfonamides is 1. The Kier molecular flexibility index (Phi) is 9.17. The second-order valence-electron chi connectivity index (χ2n) is 10.7. The van der Waals surface area contributed by atoms with Gasteiger partial charge in [-0.3, -0.25) is 9.10 Å². The molecule has 1 aliphatic heterocycles. The number of halogens is 3.